The summed E-state index contributed by atoms with van der Waals surface area (Å²) in [6, 6.07) is 9.64. The standard InChI is InChI=1S/C21H28N6O4S/c1-2-17-6-3-4-11-26(17)21-10-9-20(22-23-21)24-12-14-25(15-13-24)32(30,31)19-8-5-7-18(16-19)27(28)29/h5,7-10,16-17H,2-4,6,11-15H2,1H3. The minimum atomic E-state index is -3.79. The summed E-state index contributed by atoms with van der Waals surface area (Å²) in [6.45, 7) is 4.70. The summed E-state index contributed by atoms with van der Waals surface area (Å²) in [5, 5.41) is 19.9. The number of piperidine rings is 1. The molecular formula is C21H28N6O4S. The highest BCUT2D eigenvalue weighted by molar-refractivity contribution is 7.89. The number of anilines is 2. The lowest BCUT2D eigenvalue weighted by molar-refractivity contribution is -0.385. The van der Waals surface area contributed by atoms with Gasteiger partial charge in [0.2, 0.25) is 10.0 Å². The van der Waals surface area contributed by atoms with Crippen molar-refractivity contribution in [3.63, 3.8) is 0 Å². The van der Waals surface area contributed by atoms with Crippen LogP contribution >= 0.6 is 0 Å². The van der Waals surface area contributed by atoms with E-state index in [0.29, 0.717) is 19.1 Å². The van der Waals surface area contributed by atoms with E-state index in [0.717, 1.165) is 30.7 Å². The van der Waals surface area contributed by atoms with E-state index in [1.165, 1.54) is 41.8 Å². The molecule has 0 spiro atoms. The summed E-state index contributed by atoms with van der Waals surface area (Å²) in [6.07, 6.45) is 4.69. The second kappa shape index (κ2) is 9.37. The van der Waals surface area contributed by atoms with Crippen LogP contribution in [-0.4, -0.2) is 66.6 Å². The van der Waals surface area contributed by atoms with Crippen molar-refractivity contribution in [2.24, 2.45) is 0 Å². The van der Waals surface area contributed by atoms with Crippen LogP contribution in [0.2, 0.25) is 0 Å². The molecule has 0 aliphatic carbocycles. The van der Waals surface area contributed by atoms with E-state index in [2.05, 4.69) is 22.0 Å². The van der Waals surface area contributed by atoms with Gasteiger partial charge in [0.25, 0.3) is 5.69 Å². The molecule has 2 fully saturated rings. The van der Waals surface area contributed by atoms with Crippen LogP contribution in [0.1, 0.15) is 32.6 Å². The molecule has 10 nitrogen and oxygen atoms in total. The summed E-state index contributed by atoms with van der Waals surface area (Å²) < 4.78 is 27.2. The van der Waals surface area contributed by atoms with Crippen LogP contribution in [0.3, 0.4) is 0 Å². The summed E-state index contributed by atoms with van der Waals surface area (Å²) >= 11 is 0. The van der Waals surface area contributed by atoms with Gasteiger partial charge in [0.15, 0.2) is 11.6 Å². The van der Waals surface area contributed by atoms with Crippen molar-refractivity contribution in [3.8, 4) is 0 Å². The third-order valence-electron chi connectivity index (χ3n) is 6.26. The summed E-state index contributed by atoms with van der Waals surface area (Å²) in [5.41, 5.74) is -0.237. The number of nitro benzene ring substituents is 1. The van der Waals surface area contributed by atoms with Crippen molar-refractivity contribution in [2.75, 3.05) is 42.5 Å². The van der Waals surface area contributed by atoms with Crippen LogP contribution in [0, 0.1) is 10.1 Å². The quantitative estimate of drug-likeness (QED) is 0.478. The maximum Gasteiger partial charge on any atom is 0.270 e. The minimum Gasteiger partial charge on any atom is -0.352 e. The Morgan fingerprint density at radius 1 is 1.03 bits per heavy atom. The van der Waals surface area contributed by atoms with E-state index in [4.69, 9.17) is 0 Å². The fourth-order valence-electron chi connectivity index (χ4n) is 4.43. The van der Waals surface area contributed by atoms with Crippen LogP contribution in [0.4, 0.5) is 17.3 Å². The third-order valence-corrected chi connectivity index (χ3v) is 8.15. The Kier molecular flexibility index (Phi) is 6.56. The van der Waals surface area contributed by atoms with Crippen molar-refractivity contribution in [2.45, 2.75) is 43.5 Å². The van der Waals surface area contributed by atoms with Gasteiger partial charge in [0, 0.05) is 50.9 Å². The van der Waals surface area contributed by atoms with Crippen molar-refractivity contribution in [1.82, 2.24) is 14.5 Å². The first-order valence-electron chi connectivity index (χ1n) is 11.0. The number of benzene rings is 1. The summed E-state index contributed by atoms with van der Waals surface area (Å²) in [7, 11) is -3.79. The van der Waals surface area contributed by atoms with E-state index in [1.807, 2.05) is 17.0 Å². The number of nitro groups is 1. The predicted molar refractivity (Wildman–Crippen MR) is 121 cm³/mol. The minimum absolute atomic E-state index is 0.0590. The van der Waals surface area contributed by atoms with Gasteiger partial charge in [-0.05, 0) is 43.9 Å². The molecule has 2 saturated heterocycles. The van der Waals surface area contributed by atoms with E-state index in [9.17, 15) is 18.5 Å². The molecule has 4 rings (SSSR count). The van der Waals surface area contributed by atoms with Gasteiger partial charge in [-0.15, -0.1) is 10.2 Å². The number of hydrogen-bond donors (Lipinski definition) is 0. The number of hydrogen-bond acceptors (Lipinski definition) is 8. The number of nitrogens with zero attached hydrogens (tertiary/aromatic N) is 6. The average molecular weight is 461 g/mol. The molecule has 11 heteroatoms. The zero-order valence-electron chi connectivity index (χ0n) is 18.1. The average Bonchev–Trinajstić information content (AvgIpc) is 2.84. The highest BCUT2D eigenvalue weighted by Gasteiger charge is 2.30. The normalized spacial score (nSPS) is 20.3. The first kappa shape index (κ1) is 22.4. The van der Waals surface area contributed by atoms with Gasteiger partial charge >= 0.3 is 0 Å². The molecule has 0 amide bonds. The largest absolute Gasteiger partial charge is 0.352 e. The topological polar surface area (TPSA) is 113 Å². The predicted octanol–water partition coefficient (Wildman–Crippen LogP) is 2.66. The molecule has 1 atom stereocenters. The molecule has 2 aliphatic rings. The first-order chi connectivity index (χ1) is 15.4. The van der Waals surface area contributed by atoms with Crippen LogP contribution < -0.4 is 9.80 Å². The van der Waals surface area contributed by atoms with E-state index < -0.39 is 14.9 Å². The van der Waals surface area contributed by atoms with Gasteiger partial charge in [0.1, 0.15) is 0 Å². The zero-order valence-corrected chi connectivity index (χ0v) is 18.9. The Balaban J connectivity index is 1.41. The van der Waals surface area contributed by atoms with Crippen molar-refractivity contribution >= 4 is 27.3 Å². The molecule has 0 bridgehead atoms. The lowest BCUT2D eigenvalue weighted by atomic mass is 10.0. The zero-order chi connectivity index (χ0) is 22.7. The second-order valence-corrected chi connectivity index (χ2v) is 10.1. The Morgan fingerprint density at radius 2 is 1.75 bits per heavy atom. The Hall–Kier alpha value is -2.79. The van der Waals surface area contributed by atoms with E-state index in [-0.39, 0.29) is 23.7 Å². The van der Waals surface area contributed by atoms with Gasteiger partial charge in [-0.1, -0.05) is 13.0 Å². The molecule has 1 aromatic carbocycles. The molecule has 0 saturated carbocycles. The van der Waals surface area contributed by atoms with Crippen LogP contribution in [0.15, 0.2) is 41.3 Å². The summed E-state index contributed by atoms with van der Waals surface area (Å²) in [5.74, 6) is 1.62. The van der Waals surface area contributed by atoms with Gasteiger partial charge in [-0.25, -0.2) is 8.42 Å². The number of rotatable bonds is 6. The molecule has 0 N–H and O–H groups in total. The number of sulfonamides is 1. The number of aromatic nitrogens is 2. The van der Waals surface area contributed by atoms with Crippen molar-refractivity contribution in [3.05, 3.63) is 46.5 Å². The molecule has 0 radical (unpaired) electrons. The smallest absolute Gasteiger partial charge is 0.270 e. The molecule has 1 aromatic heterocycles. The van der Waals surface area contributed by atoms with Gasteiger partial charge in [-0.3, -0.25) is 10.1 Å². The molecule has 2 aromatic rings. The molecule has 3 heterocycles. The number of non-ortho nitro benzene ring substituents is 1. The molecular weight excluding hydrogens is 432 g/mol. The highest BCUT2D eigenvalue weighted by atomic mass is 32.2. The van der Waals surface area contributed by atoms with Crippen LogP contribution in [0.5, 0.6) is 0 Å². The van der Waals surface area contributed by atoms with Gasteiger partial charge < -0.3 is 9.80 Å². The highest BCUT2D eigenvalue weighted by Crippen LogP contribution is 2.26. The Labute approximate surface area is 188 Å². The van der Waals surface area contributed by atoms with Crippen molar-refractivity contribution < 1.29 is 13.3 Å². The monoisotopic (exact) mass is 460 g/mol. The first-order valence-corrected chi connectivity index (χ1v) is 12.4. The van der Waals surface area contributed by atoms with Gasteiger partial charge in [-0.2, -0.15) is 4.31 Å². The summed E-state index contributed by atoms with van der Waals surface area (Å²) in [4.78, 5) is 14.7. The fraction of sp³-hybridized carbons (Fsp3) is 0.524. The van der Waals surface area contributed by atoms with Gasteiger partial charge in [0.05, 0.1) is 9.82 Å². The van der Waals surface area contributed by atoms with E-state index in [1.54, 1.807) is 0 Å². The van der Waals surface area contributed by atoms with E-state index >= 15 is 0 Å². The Morgan fingerprint density at radius 3 is 2.41 bits per heavy atom. The Bertz CT molecular complexity index is 1050. The SMILES string of the molecule is CCC1CCCCN1c1ccc(N2CCN(S(=O)(=O)c3cccc([N+](=O)[O-])c3)CC2)nn1. The lowest BCUT2D eigenvalue weighted by Crippen LogP contribution is -2.49. The third kappa shape index (κ3) is 4.53. The maximum atomic E-state index is 12.9. The van der Waals surface area contributed by atoms with Crippen LogP contribution in [0.25, 0.3) is 0 Å². The molecule has 1 unspecified atom stereocenters. The molecule has 172 valence electrons. The number of piperazine rings is 1. The van der Waals surface area contributed by atoms with Crippen molar-refractivity contribution in [1.29, 1.82) is 0 Å². The van der Waals surface area contributed by atoms with Crippen LogP contribution in [-0.2, 0) is 10.0 Å². The second-order valence-electron chi connectivity index (χ2n) is 8.15. The molecule has 32 heavy (non-hydrogen) atoms. The molecule has 2 aliphatic heterocycles. The lowest BCUT2D eigenvalue weighted by Gasteiger charge is -2.36. The maximum absolute atomic E-state index is 12.9. The fourth-order valence-corrected chi connectivity index (χ4v) is 5.89.